The molecule has 4 nitrogen and oxygen atoms in total. The predicted octanol–water partition coefficient (Wildman–Crippen LogP) is 4.40. The monoisotopic (exact) mass is 486 g/mol. The molecule has 2 rings (SSSR count). The number of rotatable bonds is 7. The van der Waals surface area contributed by atoms with Gasteiger partial charge in [0.1, 0.15) is 0 Å². The Labute approximate surface area is 183 Å². The Kier molecular flexibility index (Phi) is 10.7. The van der Waals surface area contributed by atoms with E-state index < -0.39 is 0 Å². The van der Waals surface area contributed by atoms with Crippen LogP contribution in [0.4, 0.5) is 0 Å². The number of guanidine groups is 1. The second-order valence-electron chi connectivity index (χ2n) is 7.83. The summed E-state index contributed by atoms with van der Waals surface area (Å²) >= 11 is 0. The number of hydrogen-bond acceptors (Lipinski definition) is 2. The average molecular weight is 486 g/mol. The van der Waals surface area contributed by atoms with Crippen LogP contribution in [0.1, 0.15) is 58.9 Å². The summed E-state index contributed by atoms with van der Waals surface area (Å²) in [6.07, 6.45) is 4.60. The van der Waals surface area contributed by atoms with Gasteiger partial charge in [0, 0.05) is 44.2 Å². The minimum atomic E-state index is 0. The first-order chi connectivity index (χ1) is 12.5. The molecule has 1 aromatic rings. The molecule has 0 bridgehead atoms. The molecule has 0 atom stereocenters. The second-order valence-corrected chi connectivity index (χ2v) is 7.83. The number of hydrogen-bond donors (Lipinski definition) is 2. The SMILES string of the molecule is CCC(CC)(CNC(=NC)NC1CCN(C(C)C)CC1)c1ccccc1.I. The van der Waals surface area contributed by atoms with E-state index in [-0.39, 0.29) is 29.4 Å². The van der Waals surface area contributed by atoms with E-state index in [1.807, 2.05) is 7.05 Å². The van der Waals surface area contributed by atoms with E-state index >= 15 is 0 Å². The molecule has 5 heteroatoms. The molecule has 0 aromatic heterocycles. The highest BCUT2D eigenvalue weighted by Crippen LogP contribution is 2.30. The number of nitrogens with one attached hydrogen (secondary N) is 2. The zero-order chi connectivity index (χ0) is 19.0. The summed E-state index contributed by atoms with van der Waals surface area (Å²) in [5, 5.41) is 7.27. The third kappa shape index (κ3) is 6.63. The number of aliphatic imine (C=N–C) groups is 1. The van der Waals surface area contributed by atoms with Crippen molar-refractivity contribution in [1.82, 2.24) is 15.5 Å². The first-order valence-corrected chi connectivity index (χ1v) is 10.3. The van der Waals surface area contributed by atoms with Crippen LogP contribution in [0.15, 0.2) is 35.3 Å². The van der Waals surface area contributed by atoms with Gasteiger partial charge in [0.05, 0.1) is 0 Å². The van der Waals surface area contributed by atoms with Crippen molar-refractivity contribution >= 4 is 29.9 Å². The van der Waals surface area contributed by atoms with Crippen LogP contribution in [-0.4, -0.2) is 49.6 Å². The zero-order valence-corrected chi connectivity index (χ0v) is 20.1. The van der Waals surface area contributed by atoms with Gasteiger partial charge in [-0.05, 0) is 45.1 Å². The maximum atomic E-state index is 4.48. The van der Waals surface area contributed by atoms with Crippen molar-refractivity contribution in [2.75, 3.05) is 26.7 Å². The van der Waals surface area contributed by atoms with Crippen LogP contribution in [0.25, 0.3) is 0 Å². The molecule has 1 heterocycles. The van der Waals surface area contributed by atoms with Crippen LogP contribution in [0.3, 0.4) is 0 Å². The van der Waals surface area contributed by atoms with Crippen molar-refractivity contribution in [2.45, 2.75) is 70.9 Å². The minimum Gasteiger partial charge on any atom is -0.356 e. The van der Waals surface area contributed by atoms with Gasteiger partial charge in [-0.3, -0.25) is 4.99 Å². The summed E-state index contributed by atoms with van der Waals surface area (Å²) in [5.74, 6) is 0.940. The molecule has 0 unspecified atom stereocenters. The molecular weight excluding hydrogens is 447 g/mol. The topological polar surface area (TPSA) is 39.7 Å². The Balaban J connectivity index is 0.00000364. The molecular formula is C22H39IN4. The molecule has 1 fully saturated rings. The van der Waals surface area contributed by atoms with Gasteiger partial charge in [0.2, 0.25) is 0 Å². The van der Waals surface area contributed by atoms with Crippen molar-refractivity contribution in [3.63, 3.8) is 0 Å². The van der Waals surface area contributed by atoms with E-state index in [0.717, 1.165) is 25.3 Å². The third-order valence-corrected chi connectivity index (χ3v) is 6.16. The molecule has 154 valence electrons. The summed E-state index contributed by atoms with van der Waals surface area (Å²) in [5.41, 5.74) is 1.57. The highest BCUT2D eigenvalue weighted by atomic mass is 127. The first-order valence-electron chi connectivity index (χ1n) is 10.3. The van der Waals surface area contributed by atoms with Crippen LogP contribution >= 0.6 is 24.0 Å². The van der Waals surface area contributed by atoms with Gasteiger partial charge in [-0.25, -0.2) is 0 Å². The second kappa shape index (κ2) is 11.9. The fourth-order valence-corrected chi connectivity index (χ4v) is 4.00. The Bertz CT molecular complexity index is 547. The Morgan fingerprint density at radius 3 is 2.22 bits per heavy atom. The van der Waals surface area contributed by atoms with Gasteiger partial charge in [-0.2, -0.15) is 0 Å². The van der Waals surface area contributed by atoms with Crippen LogP contribution in [-0.2, 0) is 5.41 Å². The van der Waals surface area contributed by atoms with Crippen molar-refractivity contribution in [3.8, 4) is 0 Å². The van der Waals surface area contributed by atoms with Gasteiger partial charge in [0.15, 0.2) is 5.96 Å². The van der Waals surface area contributed by atoms with Crippen LogP contribution in [0.5, 0.6) is 0 Å². The van der Waals surface area contributed by atoms with E-state index in [1.165, 1.54) is 31.5 Å². The third-order valence-electron chi connectivity index (χ3n) is 6.16. The van der Waals surface area contributed by atoms with E-state index in [2.05, 4.69) is 78.6 Å². The molecule has 1 saturated heterocycles. The largest absolute Gasteiger partial charge is 0.356 e. The first kappa shape index (κ1) is 24.2. The van der Waals surface area contributed by atoms with Crippen molar-refractivity contribution < 1.29 is 0 Å². The predicted molar refractivity (Wildman–Crippen MR) is 128 cm³/mol. The summed E-state index contributed by atoms with van der Waals surface area (Å²) in [6, 6.07) is 12.1. The summed E-state index contributed by atoms with van der Waals surface area (Å²) in [7, 11) is 1.88. The molecule has 1 aliphatic rings. The normalized spacial score (nSPS) is 16.9. The molecule has 0 amide bonds. The molecule has 1 aliphatic heterocycles. The van der Waals surface area contributed by atoms with Gasteiger partial charge in [-0.1, -0.05) is 44.2 Å². The molecule has 0 aliphatic carbocycles. The lowest BCUT2D eigenvalue weighted by atomic mass is 9.76. The zero-order valence-electron chi connectivity index (χ0n) is 17.8. The number of piperidine rings is 1. The van der Waals surface area contributed by atoms with E-state index in [4.69, 9.17) is 0 Å². The minimum absolute atomic E-state index is 0. The van der Waals surface area contributed by atoms with Gasteiger partial charge < -0.3 is 15.5 Å². The smallest absolute Gasteiger partial charge is 0.191 e. The van der Waals surface area contributed by atoms with Crippen LogP contribution < -0.4 is 10.6 Å². The van der Waals surface area contributed by atoms with Crippen molar-refractivity contribution in [3.05, 3.63) is 35.9 Å². The molecule has 0 radical (unpaired) electrons. The Morgan fingerprint density at radius 1 is 1.15 bits per heavy atom. The highest BCUT2D eigenvalue weighted by molar-refractivity contribution is 14.0. The number of likely N-dealkylation sites (tertiary alicyclic amines) is 1. The van der Waals surface area contributed by atoms with Gasteiger partial charge in [0.25, 0.3) is 0 Å². The standard InChI is InChI=1S/C22H38N4.HI/c1-6-22(7-2,19-11-9-8-10-12-19)17-24-21(23-5)25-20-13-15-26(16-14-20)18(3)4;/h8-12,18,20H,6-7,13-17H2,1-5H3,(H2,23,24,25);1H. The van der Waals surface area contributed by atoms with Gasteiger partial charge >= 0.3 is 0 Å². The van der Waals surface area contributed by atoms with E-state index in [9.17, 15) is 0 Å². The summed E-state index contributed by atoms with van der Waals surface area (Å²) in [4.78, 5) is 7.04. The number of halogens is 1. The fraction of sp³-hybridized carbons (Fsp3) is 0.682. The van der Waals surface area contributed by atoms with Crippen LogP contribution in [0.2, 0.25) is 0 Å². The summed E-state index contributed by atoms with van der Waals surface area (Å²) < 4.78 is 0. The lowest BCUT2D eigenvalue weighted by molar-refractivity contribution is 0.167. The molecule has 27 heavy (non-hydrogen) atoms. The van der Waals surface area contributed by atoms with E-state index in [0.29, 0.717) is 12.1 Å². The molecule has 0 spiro atoms. The number of benzene rings is 1. The summed E-state index contributed by atoms with van der Waals surface area (Å²) in [6.45, 7) is 12.4. The molecule has 0 saturated carbocycles. The maximum absolute atomic E-state index is 4.48. The number of nitrogens with zero attached hydrogens (tertiary/aromatic N) is 2. The Morgan fingerprint density at radius 2 is 1.74 bits per heavy atom. The average Bonchev–Trinajstić information content (AvgIpc) is 2.69. The molecule has 1 aromatic carbocycles. The lowest BCUT2D eigenvalue weighted by Crippen LogP contribution is -2.51. The fourth-order valence-electron chi connectivity index (χ4n) is 4.00. The van der Waals surface area contributed by atoms with Crippen LogP contribution in [0, 0.1) is 0 Å². The van der Waals surface area contributed by atoms with Crippen molar-refractivity contribution in [2.24, 2.45) is 4.99 Å². The highest BCUT2D eigenvalue weighted by Gasteiger charge is 2.29. The quantitative estimate of drug-likeness (QED) is 0.341. The molecule has 2 N–H and O–H groups in total. The van der Waals surface area contributed by atoms with Gasteiger partial charge in [-0.15, -0.1) is 24.0 Å². The van der Waals surface area contributed by atoms with Crippen molar-refractivity contribution in [1.29, 1.82) is 0 Å². The maximum Gasteiger partial charge on any atom is 0.191 e. The lowest BCUT2D eigenvalue weighted by Gasteiger charge is -2.36. The van der Waals surface area contributed by atoms with E-state index in [1.54, 1.807) is 0 Å². The Hall–Kier alpha value is -0.820.